The first-order valence-electron chi connectivity index (χ1n) is 19.1. The van der Waals surface area contributed by atoms with Crippen molar-refractivity contribution in [2.75, 3.05) is 4.90 Å². The van der Waals surface area contributed by atoms with E-state index in [0.29, 0.717) is 0 Å². The molecule has 0 aromatic heterocycles. The molecule has 0 amide bonds. The zero-order chi connectivity index (χ0) is 31.5. The lowest BCUT2D eigenvalue weighted by Gasteiger charge is -2.53. The van der Waals surface area contributed by atoms with Gasteiger partial charge in [-0.2, -0.15) is 0 Å². The maximum Gasteiger partial charge on any atom is 0.0468 e. The Kier molecular flexibility index (Phi) is 5.91. The van der Waals surface area contributed by atoms with Crippen LogP contribution in [-0.4, -0.2) is 0 Å². The summed E-state index contributed by atoms with van der Waals surface area (Å²) in [6.07, 6.45) is 15.1. The number of rotatable bonds is 3. The topological polar surface area (TPSA) is 3.24 Å². The fourth-order valence-corrected chi connectivity index (χ4v) is 12.7. The molecule has 4 bridgehead atoms. The average Bonchev–Trinajstić information content (AvgIpc) is 3.46. The summed E-state index contributed by atoms with van der Waals surface area (Å²) in [7, 11) is 0. The highest BCUT2D eigenvalue weighted by Gasteiger charge is 2.59. The van der Waals surface area contributed by atoms with Crippen molar-refractivity contribution in [2.45, 2.75) is 81.5 Å². The van der Waals surface area contributed by atoms with Gasteiger partial charge < -0.3 is 4.90 Å². The second kappa shape index (κ2) is 10.2. The third-order valence-corrected chi connectivity index (χ3v) is 14.3. The number of hydrogen-bond acceptors (Lipinski definition) is 1. The zero-order valence-corrected chi connectivity index (χ0v) is 28.0. The van der Waals surface area contributed by atoms with Gasteiger partial charge in [0.2, 0.25) is 0 Å². The summed E-state index contributed by atoms with van der Waals surface area (Å²) < 4.78 is 0. The summed E-state index contributed by atoms with van der Waals surface area (Å²) in [5.41, 5.74) is 16.4. The Morgan fingerprint density at radius 2 is 1.08 bits per heavy atom. The van der Waals surface area contributed by atoms with Gasteiger partial charge in [0.05, 0.1) is 0 Å². The number of nitrogens with zero attached hydrogens (tertiary/aromatic N) is 1. The van der Waals surface area contributed by atoms with Crippen molar-refractivity contribution in [3.8, 4) is 22.3 Å². The molecule has 2 spiro atoms. The van der Waals surface area contributed by atoms with Crippen molar-refractivity contribution in [2.24, 2.45) is 23.7 Å². The minimum Gasteiger partial charge on any atom is -0.310 e. The fourth-order valence-electron chi connectivity index (χ4n) is 12.7. The van der Waals surface area contributed by atoms with Crippen LogP contribution in [0.15, 0.2) is 115 Å². The Hall–Kier alpha value is -4.10. The molecular weight excluding hydrogens is 579 g/mol. The van der Waals surface area contributed by atoms with Crippen LogP contribution in [0.5, 0.6) is 0 Å². The number of hydrogen-bond donors (Lipinski definition) is 0. The molecule has 12 rings (SSSR count). The van der Waals surface area contributed by atoms with Gasteiger partial charge in [-0.25, -0.2) is 0 Å². The average molecular weight is 624 g/mol. The van der Waals surface area contributed by atoms with Crippen molar-refractivity contribution in [3.05, 3.63) is 138 Å². The van der Waals surface area contributed by atoms with Crippen molar-refractivity contribution in [3.63, 3.8) is 0 Å². The third kappa shape index (κ3) is 3.63. The van der Waals surface area contributed by atoms with Crippen LogP contribution < -0.4 is 4.90 Å². The Morgan fingerprint density at radius 3 is 1.94 bits per heavy atom. The van der Waals surface area contributed by atoms with Gasteiger partial charge in [-0.3, -0.25) is 0 Å². The smallest absolute Gasteiger partial charge is 0.0468 e. The van der Waals surface area contributed by atoms with Crippen molar-refractivity contribution >= 4 is 17.1 Å². The molecule has 1 nitrogen and oxygen atoms in total. The van der Waals surface area contributed by atoms with E-state index in [-0.39, 0.29) is 10.8 Å². The standard InChI is InChI=1S/C47H45N/c1-3-11-35(12-4-1)48(37-19-21-40-38-13-5-7-15-42(38)46(45(40)30-37)23-9-2-10-24-46)36-20-22-44-41(29-36)39-14-6-8-16-43(39)47(44)33-18-17-31-25-32(27-33)28-34(47)26-31/h1,3-8,11-16,19-22,29-34H,2,9-10,17-18,23-28H2. The first-order valence-corrected chi connectivity index (χ1v) is 19.1. The van der Waals surface area contributed by atoms with Crippen molar-refractivity contribution in [1.29, 1.82) is 0 Å². The molecule has 1 heteroatoms. The highest BCUT2D eigenvalue weighted by Crippen LogP contribution is 2.68. The molecule has 7 aliphatic rings. The van der Waals surface area contributed by atoms with Crippen LogP contribution in [0.2, 0.25) is 0 Å². The van der Waals surface area contributed by atoms with E-state index >= 15 is 0 Å². The molecule has 5 aromatic rings. The summed E-state index contributed by atoms with van der Waals surface area (Å²) >= 11 is 0. The molecule has 5 fully saturated rings. The van der Waals surface area contributed by atoms with Gasteiger partial charge in [0.1, 0.15) is 0 Å². The highest BCUT2D eigenvalue weighted by molar-refractivity contribution is 5.89. The maximum atomic E-state index is 2.59. The van der Waals surface area contributed by atoms with Crippen LogP contribution in [0.1, 0.15) is 92.9 Å². The van der Waals surface area contributed by atoms with Crippen LogP contribution in [-0.2, 0) is 10.8 Å². The summed E-state index contributed by atoms with van der Waals surface area (Å²) in [6.45, 7) is 0. The van der Waals surface area contributed by atoms with E-state index < -0.39 is 0 Å². The lowest BCUT2D eigenvalue weighted by molar-refractivity contribution is 0.0618. The fraction of sp³-hybridized carbons (Fsp3) is 0.362. The predicted molar refractivity (Wildman–Crippen MR) is 198 cm³/mol. The van der Waals surface area contributed by atoms with Gasteiger partial charge in [-0.1, -0.05) is 105 Å². The quantitative estimate of drug-likeness (QED) is 0.193. The molecule has 48 heavy (non-hydrogen) atoms. The van der Waals surface area contributed by atoms with Gasteiger partial charge in [0, 0.05) is 27.9 Å². The number of anilines is 3. The van der Waals surface area contributed by atoms with Crippen LogP contribution in [0.3, 0.4) is 0 Å². The van der Waals surface area contributed by atoms with Gasteiger partial charge in [-0.05, 0) is 150 Å². The Balaban J connectivity index is 1.10. The first-order chi connectivity index (χ1) is 23.7. The number of para-hydroxylation sites is 1. The second-order valence-corrected chi connectivity index (χ2v) is 16.4. The van der Waals surface area contributed by atoms with Crippen LogP contribution in [0.4, 0.5) is 17.1 Å². The normalized spacial score (nSPS) is 28.2. The van der Waals surface area contributed by atoms with Gasteiger partial charge in [0.15, 0.2) is 0 Å². The van der Waals surface area contributed by atoms with Crippen LogP contribution in [0, 0.1) is 23.7 Å². The van der Waals surface area contributed by atoms with E-state index in [1.54, 1.807) is 22.3 Å². The minimum atomic E-state index is 0.143. The van der Waals surface area contributed by atoms with Crippen LogP contribution in [0.25, 0.3) is 22.3 Å². The Labute approximate surface area is 286 Å². The molecule has 0 radical (unpaired) electrons. The van der Waals surface area contributed by atoms with E-state index in [4.69, 9.17) is 0 Å². The molecule has 0 saturated heterocycles. The van der Waals surface area contributed by atoms with E-state index in [2.05, 4.69) is 120 Å². The SMILES string of the molecule is c1ccc(N(c2ccc3c(c2)-c2ccccc2C32C3CCC4CC(C3)CC2C4)c2ccc3c(c2)C2(CCCCC2)c2ccccc2-3)cc1. The first kappa shape index (κ1) is 27.8. The molecular formula is C47H45N. The highest BCUT2D eigenvalue weighted by atomic mass is 15.1. The third-order valence-electron chi connectivity index (χ3n) is 14.3. The monoisotopic (exact) mass is 623 g/mol. The predicted octanol–water partition coefficient (Wildman–Crippen LogP) is 12.5. The molecule has 0 aliphatic heterocycles. The molecule has 238 valence electrons. The molecule has 5 atom stereocenters. The largest absolute Gasteiger partial charge is 0.310 e. The second-order valence-electron chi connectivity index (χ2n) is 16.4. The van der Waals surface area contributed by atoms with Crippen molar-refractivity contribution < 1.29 is 0 Å². The summed E-state index contributed by atoms with van der Waals surface area (Å²) in [6, 6.07) is 45.1. The Bertz CT molecular complexity index is 2060. The summed E-state index contributed by atoms with van der Waals surface area (Å²) in [5, 5.41) is 0. The van der Waals surface area contributed by atoms with E-state index in [1.807, 2.05) is 0 Å². The number of fused-ring (bicyclic) bond motifs is 9. The summed E-state index contributed by atoms with van der Waals surface area (Å²) in [5.74, 6) is 3.46. The summed E-state index contributed by atoms with van der Waals surface area (Å²) in [4.78, 5) is 2.55. The molecule has 5 saturated carbocycles. The number of benzene rings is 5. The minimum absolute atomic E-state index is 0.143. The zero-order valence-electron chi connectivity index (χ0n) is 28.0. The Morgan fingerprint density at radius 1 is 0.438 bits per heavy atom. The lowest BCUT2D eigenvalue weighted by Crippen LogP contribution is -2.48. The molecule has 0 heterocycles. The molecule has 0 N–H and O–H groups in total. The lowest BCUT2D eigenvalue weighted by atomic mass is 9.51. The molecule has 7 aliphatic carbocycles. The van der Waals surface area contributed by atoms with Crippen LogP contribution >= 0.6 is 0 Å². The van der Waals surface area contributed by atoms with Gasteiger partial charge >= 0.3 is 0 Å². The van der Waals surface area contributed by atoms with Crippen molar-refractivity contribution in [1.82, 2.24) is 0 Å². The maximum absolute atomic E-state index is 2.59. The van der Waals surface area contributed by atoms with E-state index in [0.717, 1.165) is 23.7 Å². The van der Waals surface area contributed by atoms with E-state index in [9.17, 15) is 0 Å². The van der Waals surface area contributed by atoms with E-state index in [1.165, 1.54) is 110 Å². The molecule has 5 unspecified atom stereocenters. The van der Waals surface area contributed by atoms with Gasteiger partial charge in [-0.15, -0.1) is 0 Å². The van der Waals surface area contributed by atoms with Gasteiger partial charge in [0.25, 0.3) is 0 Å². The molecule has 5 aromatic carbocycles.